The van der Waals surface area contributed by atoms with Crippen molar-refractivity contribution < 1.29 is 33.3 Å². The van der Waals surface area contributed by atoms with E-state index in [0.717, 1.165) is 73.9 Å². The molecule has 2 aromatic carbocycles. The van der Waals surface area contributed by atoms with Crippen LogP contribution in [0.25, 0.3) is 5.57 Å². The van der Waals surface area contributed by atoms with Gasteiger partial charge in [-0.15, -0.1) is 0 Å². The number of hydrogen-bond donors (Lipinski definition) is 3. The lowest BCUT2D eigenvalue weighted by molar-refractivity contribution is -0.105. The van der Waals surface area contributed by atoms with Crippen LogP contribution >= 0.6 is 0 Å². The number of carbonyl (C=O) groups is 3. The quantitative estimate of drug-likeness (QED) is 0.0518. The van der Waals surface area contributed by atoms with E-state index in [9.17, 15) is 14.4 Å². The van der Waals surface area contributed by atoms with Gasteiger partial charge in [0.25, 0.3) is 0 Å². The van der Waals surface area contributed by atoms with Crippen molar-refractivity contribution in [3.05, 3.63) is 105 Å². The van der Waals surface area contributed by atoms with Crippen LogP contribution in [0.4, 0.5) is 11.5 Å². The van der Waals surface area contributed by atoms with Crippen molar-refractivity contribution in [3.63, 3.8) is 0 Å². The van der Waals surface area contributed by atoms with Crippen LogP contribution < -0.4 is 15.5 Å². The van der Waals surface area contributed by atoms with Crippen molar-refractivity contribution in [2.24, 2.45) is 5.41 Å². The summed E-state index contributed by atoms with van der Waals surface area (Å²) in [5, 5.41) is 14.4. The summed E-state index contributed by atoms with van der Waals surface area (Å²) < 4.78 is 23.1. The molecule has 3 aliphatic rings. The van der Waals surface area contributed by atoms with Gasteiger partial charge in [0, 0.05) is 59.3 Å². The predicted octanol–water partition coefficient (Wildman–Crippen LogP) is 5.55. The third-order valence-electron chi connectivity index (χ3n) is 10.6. The first-order valence-electron chi connectivity index (χ1n) is 18.5. The molecular formula is C42H49N5O7. The molecule has 2 heterocycles. The van der Waals surface area contributed by atoms with Gasteiger partial charge in [-0.1, -0.05) is 42.0 Å². The van der Waals surface area contributed by atoms with Gasteiger partial charge in [-0.3, -0.25) is 14.4 Å². The second kappa shape index (κ2) is 18.8. The minimum Gasteiger partial charge on any atom is -0.387 e. The summed E-state index contributed by atoms with van der Waals surface area (Å²) in [7, 11) is 0. The monoisotopic (exact) mass is 735 g/mol. The van der Waals surface area contributed by atoms with Crippen LogP contribution in [0.2, 0.25) is 0 Å². The fraction of sp³-hybridized carbons (Fsp3) is 0.405. The molecule has 6 rings (SSSR count). The van der Waals surface area contributed by atoms with Gasteiger partial charge >= 0.3 is 0 Å². The Morgan fingerprint density at radius 2 is 1.72 bits per heavy atom. The lowest BCUT2D eigenvalue weighted by Crippen LogP contribution is -2.40. The van der Waals surface area contributed by atoms with E-state index in [2.05, 4.69) is 27.7 Å². The zero-order chi connectivity index (χ0) is 37.8. The fourth-order valence-corrected chi connectivity index (χ4v) is 7.47. The summed E-state index contributed by atoms with van der Waals surface area (Å²) in [4.78, 5) is 41.2. The second-order valence-corrected chi connectivity index (χ2v) is 13.9. The predicted molar refractivity (Wildman–Crippen MR) is 207 cm³/mol. The zero-order valence-electron chi connectivity index (χ0n) is 30.8. The molecule has 0 spiro atoms. The normalized spacial score (nSPS) is 19.1. The molecule has 1 amide bonds. The molecule has 1 aliphatic heterocycles. The molecule has 284 valence electrons. The van der Waals surface area contributed by atoms with E-state index in [-0.39, 0.29) is 17.2 Å². The van der Waals surface area contributed by atoms with Crippen LogP contribution in [0.1, 0.15) is 69.3 Å². The average molecular weight is 736 g/mol. The Labute approximate surface area is 316 Å². The second-order valence-electron chi connectivity index (χ2n) is 13.9. The van der Waals surface area contributed by atoms with Crippen molar-refractivity contribution >= 4 is 42.3 Å². The molecule has 0 radical (unpaired) electrons. The Balaban J connectivity index is 0.906. The molecule has 3 N–H and O–H groups in total. The Bertz CT molecular complexity index is 1860. The molecule has 12 nitrogen and oxygen atoms in total. The summed E-state index contributed by atoms with van der Waals surface area (Å²) >= 11 is 0. The maximum Gasteiger partial charge on any atom is 0.211 e. The van der Waals surface area contributed by atoms with Crippen molar-refractivity contribution in [3.8, 4) is 0 Å². The number of aldehydes is 2. The van der Waals surface area contributed by atoms with Crippen molar-refractivity contribution in [1.29, 1.82) is 5.41 Å². The Hall–Kier alpha value is -5.01. The molecule has 1 aromatic heterocycles. The van der Waals surface area contributed by atoms with Gasteiger partial charge < -0.3 is 39.9 Å². The summed E-state index contributed by atoms with van der Waals surface area (Å²) in [5.41, 5.74) is 8.39. The third-order valence-corrected chi connectivity index (χ3v) is 10.6. The van der Waals surface area contributed by atoms with Crippen molar-refractivity contribution in [2.75, 3.05) is 62.9 Å². The highest BCUT2D eigenvalue weighted by molar-refractivity contribution is 6.11. The molecule has 54 heavy (non-hydrogen) atoms. The molecule has 12 heteroatoms. The van der Waals surface area contributed by atoms with Crippen molar-refractivity contribution in [1.82, 2.24) is 10.3 Å². The van der Waals surface area contributed by atoms with Gasteiger partial charge in [-0.25, -0.2) is 4.98 Å². The molecule has 1 fully saturated rings. The van der Waals surface area contributed by atoms with E-state index in [4.69, 9.17) is 29.3 Å². The smallest absolute Gasteiger partial charge is 0.211 e. The van der Waals surface area contributed by atoms with Gasteiger partial charge in [0.1, 0.15) is 17.8 Å². The standard InChI is InChI=1S/C42H49N5O7/c1-30(38(23-43)37-9-10-41(46-40(37)26-49)47-14-12-32-3-2-4-33(25-48)39(32)24-47)44-28-42-13-11-34(42)21-36(22-42)54-20-19-52-16-15-51-17-18-53-27-31-5-7-35(8-6-31)45-29-50/h2-10,21,23,25-26,29,36,43-44H,11-20,22,24,27-28H2,1H3,(H,45,50)/b38-30+,43-23?. The third kappa shape index (κ3) is 9.37. The number of ether oxygens (including phenoxy) is 4. The van der Waals surface area contributed by atoms with Gasteiger partial charge in [0.15, 0.2) is 6.29 Å². The van der Waals surface area contributed by atoms with Crippen LogP contribution in [0.5, 0.6) is 0 Å². The first-order valence-corrected chi connectivity index (χ1v) is 18.5. The maximum atomic E-state index is 12.3. The number of nitrogens with one attached hydrogen (secondary N) is 3. The minimum atomic E-state index is 0.0212. The van der Waals surface area contributed by atoms with E-state index in [1.165, 1.54) is 17.4 Å². The molecule has 2 unspecified atom stereocenters. The van der Waals surface area contributed by atoms with Gasteiger partial charge in [-0.05, 0) is 73.6 Å². The molecule has 0 saturated heterocycles. The van der Waals surface area contributed by atoms with Crippen LogP contribution in [0, 0.1) is 10.8 Å². The van der Waals surface area contributed by atoms with E-state index in [1.54, 1.807) is 0 Å². The van der Waals surface area contributed by atoms with Gasteiger partial charge in [-0.2, -0.15) is 0 Å². The first-order chi connectivity index (χ1) is 26.5. The first kappa shape index (κ1) is 38.7. The summed E-state index contributed by atoms with van der Waals surface area (Å²) in [5.74, 6) is 0.674. The summed E-state index contributed by atoms with van der Waals surface area (Å²) in [6, 6.07) is 17.1. The average Bonchev–Trinajstić information content (AvgIpc) is 3.44. The van der Waals surface area contributed by atoms with Crippen LogP contribution in [0.15, 0.2) is 71.9 Å². The number of allylic oxidation sites excluding steroid dienone is 2. The lowest BCUT2D eigenvalue weighted by Gasteiger charge is -2.42. The Kier molecular flexibility index (Phi) is 13.5. The largest absolute Gasteiger partial charge is 0.387 e. The number of rotatable bonds is 22. The maximum absolute atomic E-state index is 12.3. The van der Waals surface area contributed by atoms with Gasteiger partial charge in [0.2, 0.25) is 6.41 Å². The Morgan fingerprint density at radius 3 is 2.43 bits per heavy atom. The van der Waals surface area contributed by atoms with Gasteiger partial charge in [0.05, 0.1) is 52.4 Å². The van der Waals surface area contributed by atoms with Crippen LogP contribution in [0.3, 0.4) is 0 Å². The minimum absolute atomic E-state index is 0.0212. The highest BCUT2D eigenvalue weighted by Crippen LogP contribution is 2.54. The fourth-order valence-electron chi connectivity index (χ4n) is 7.47. The number of nitrogens with zero attached hydrogens (tertiary/aromatic N) is 2. The highest BCUT2D eigenvalue weighted by atomic mass is 16.6. The molecule has 3 aromatic rings. The number of hydrogen-bond acceptors (Lipinski definition) is 11. The number of aromatic nitrogens is 1. The number of carbonyl (C=O) groups excluding carboxylic acids is 3. The van der Waals surface area contributed by atoms with E-state index in [0.29, 0.717) is 81.7 Å². The Morgan fingerprint density at radius 1 is 0.944 bits per heavy atom. The molecule has 0 bridgehead atoms. The van der Waals surface area contributed by atoms with E-state index < -0.39 is 0 Å². The molecule has 2 atom stereocenters. The lowest BCUT2D eigenvalue weighted by atomic mass is 9.65. The number of benzene rings is 2. The summed E-state index contributed by atoms with van der Waals surface area (Å²) in [6.07, 6.45) is 9.69. The van der Waals surface area contributed by atoms with E-state index in [1.807, 2.05) is 55.5 Å². The van der Waals surface area contributed by atoms with Crippen LogP contribution in [-0.2, 0) is 43.3 Å². The highest BCUT2D eigenvalue weighted by Gasteiger charge is 2.47. The molecule has 2 aliphatic carbocycles. The molecule has 1 saturated carbocycles. The zero-order valence-corrected chi connectivity index (χ0v) is 30.8. The number of pyridine rings is 1. The number of fused-ring (bicyclic) bond motifs is 2. The van der Waals surface area contributed by atoms with Crippen molar-refractivity contribution in [2.45, 2.75) is 51.9 Å². The number of anilines is 2. The number of amides is 1. The molecular weight excluding hydrogens is 686 g/mol. The van der Waals surface area contributed by atoms with Crippen LogP contribution in [-0.4, -0.2) is 89.0 Å². The topological polar surface area (TPSA) is 152 Å². The summed E-state index contributed by atoms with van der Waals surface area (Å²) in [6.45, 7) is 7.33. The van der Waals surface area contributed by atoms with E-state index >= 15 is 0 Å². The SMILES string of the molecule is C/C(NCC12CCC1=CC(OCCOCCOCCOCc1ccc(NC=O)cc1)C2)=C(/C=N)c1ccc(N2CCc3cccc(C=O)c3C2)nc1C=O.